The molecule has 3 N–H and O–H groups in total. The Morgan fingerprint density at radius 2 is 1.93 bits per heavy atom. The molecule has 0 bridgehead atoms. The number of aliphatic hydroxyl groups excluding tert-OH is 1. The van der Waals surface area contributed by atoms with Crippen molar-refractivity contribution < 1.29 is 9.50 Å². The summed E-state index contributed by atoms with van der Waals surface area (Å²) >= 11 is 0. The van der Waals surface area contributed by atoms with Crippen LogP contribution in [-0.2, 0) is 0 Å². The van der Waals surface area contributed by atoms with Gasteiger partial charge in [0, 0.05) is 12.0 Å². The summed E-state index contributed by atoms with van der Waals surface area (Å²) in [5.41, 5.74) is 6.30. The van der Waals surface area contributed by atoms with Crippen molar-refractivity contribution in [3.63, 3.8) is 0 Å². The Hall–Kier alpha value is -0.930. The van der Waals surface area contributed by atoms with Crippen molar-refractivity contribution in [1.82, 2.24) is 0 Å². The van der Waals surface area contributed by atoms with Gasteiger partial charge in [0.15, 0.2) is 0 Å². The SMILES string of the molecule is CC(c1ccc(F)cc1)C(C)(CN)CO. The smallest absolute Gasteiger partial charge is 0.123 e. The predicted molar refractivity (Wildman–Crippen MR) is 59.1 cm³/mol. The molecule has 2 atom stereocenters. The van der Waals surface area contributed by atoms with Gasteiger partial charge in [-0.05, 0) is 23.6 Å². The molecular formula is C12H18FNO. The minimum absolute atomic E-state index is 0.0298. The van der Waals surface area contributed by atoms with Gasteiger partial charge in [-0.3, -0.25) is 0 Å². The van der Waals surface area contributed by atoms with Crippen molar-refractivity contribution in [3.05, 3.63) is 35.6 Å². The Balaban J connectivity index is 2.92. The number of nitrogens with two attached hydrogens (primary N) is 1. The van der Waals surface area contributed by atoms with Crippen molar-refractivity contribution in [1.29, 1.82) is 0 Å². The van der Waals surface area contributed by atoms with Gasteiger partial charge in [0.05, 0.1) is 6.61 Å². The fourth-order valence-electron chi connectivity index (χ4n) is 1.53. The number of benzene rings is 1. The Kier molecular flexibility index (Phi) is 3.83. The van der Waals surface area contributed by atoms with Crippen LogP contribution in [0, 0.1) is 11.2 Å². The lowest BCUT2D eigenvalue weighted by molar-refractivity contribution is 0.126. The monoisotopic (exact) mass is 211 g/mol. The molecule has 0 aliphatic carbocycles. The molecule has 2 unspecified atom stereocenters. The van der Waals surface area contributed by atoms with E-state index in [0.717, 1.165) is 5.56 Å². The quantitative estimate of drug-likeness (QED) is 0.798. The lowest BCUT2D eigenvalue weighted by atomic mass is 9.75. The first-order valence-electron chi connectivity index (χ1n) is 5.10. The molecule has 1 rings (SSSR count). The Morgan fingerprint density at radius 1 is 1.40 bits per heavy atom. The molecule has 84 valence electrons. The maximum atomic E-state index is 12.7. The molecule has 0 radical (unpaired) electrons. The molecule has 1 aromatic carbocycles. The fourth-order valence-corrected chi connectivity index (χ4v) is 1.53. The number of rotatable bonds is 4. The largest absolute Gasteiger partial charge is 0.396 e. The van der Waals surface area contributed by atoms with Crippen LogP contribution in [0.1, 0.15) is 25.3 Å². The number of hydrogen-bond acceptors (Lipinski definition) is 2. The van der Waals surface area contributed by atoms with Crippen LogP contribution in [0.15, 0.2) is 24.3 Å². The summed E-state index contributed by atoms with van der Waals surface area (Å²) in [7, 11) is 0. The lowest BCUT2D eigenvalue weighted by Gasteiger charge is -2.32. The van der Waals surface area contributed by atoms with Gasteiger partial charge in [0.1, 0.15) is 5.82 Å². The van der Waals surface area contributed by atoms with Crippen LogP contribution in [0.2, 0.25) is 0 Å². The number of halogens is 1. The summed E-state index contributed by atoms with van der Waals surface area (Å²) in [5.74, 6) is -0.141. The highest BCUT2D eigenvalue weighted by Gasteiger charge is 2.29. The first-order chi connectivity index (χ1) is 7.03. The highest BCUT2D eigenvalue weighted by Crippen LogP contribution is 2.34. The van der Waals surface area contributed by atoms with Crippen molar-refractivity contribution in [2.45, 2.75) is 19.8 Å². The average molecular weight is 211 g/mol. The van der Waals surface area contributed by atoms with Crippen LogP contribution in [0.3, 0.4) is 0 Å². The van der Waals surface area contributed by atoms with E-state index < -0.39 is 0 Å². The van der Waals surface area contributed by atoms with E-state index in [1.54, 1.807) is 12.1 Å². The standard InChI is InChI=1S/C12H18FNO/c1-9(12(2,7-14)8-15)10-3-5-11(13)6-4-10/h3-6,9,15H,7-8,14H2,1-2H3. The highest BCUT2D eigenvalue weighted by atomic mass is 19.1. The van der Waals surface area contributed by atoms with E-state index in [1.807, 2.05) is 13.8 Å². The van der Waals surface area contributed by atoms with Gasteiger partial charge >= 0.3 is 0 Å². The number of aliphatic hydroxyl groups is 1. The Morgan fingerprint density at radius 3 is 2.33 bits per heavy atom. The molecule has 0 fully saturated rings. The normalized spacial score (nSPS) is 17.1. The van der Waals surface area contributed by atoms with Gasteiger partial charge in [-0.1, -0.05) is 26.0 Å². The highest BCUT2D eigenvalue weighted by molar-refractivity contribution is 5.22. The first kappa shape index (κ1) is 12.1. The summed E-state index contributed by atoms with van der Waals surface area (Å²) in [6, 6.07) is 6.34. The molecule has 2 nitrogen and oxygen atoms in total. The Bertz CT molecular complexity index is 306. The molecule has 0 heterocycles. The fraction of sp³-hybridized carbons (Fsp3) is 0.500. The van der Waals surface area contributed by atoms with E-state index in [-0.39, 0.29) is 23.8 Å². The van der Waals surface area contributed by atoms with Crippen LogP contribution in [0.5, 0.6) is 0 Å². The third-order valence-electron chi connectivity index (χ3n) is 3.24. The number of hydrogen-bond donors (Lipinski definition) is 2. The Labute approximate surface area is 89.9 Å². The van der Waals surface area contributed by atoms with Gasteiger partial charge < -0.3 is 10.8 Å². The molecule has 0 aromatic heterocycles. The van der Waals surface area contributed by atoms with E-state index in [9.17, 15) is 9.50 Å². The molecule has 0 spiro atoms. The first-order valence-corrected chi connectivity index (χ1v) is 5.10. The second-order valence-corrected chi connectivity index (χ2v) is 4.29. The average Bonchev–Trinajstić information content (AvgIpc) is 2.28. The molecule has 0 saturated carbocycles. The van der Waals surface area contributed by atoms with Gasteiger partial charge in [0.2, 0.25) is 0 Å². The van der Waals surface area contributed by atoms with E-state index in [2.05, 4.69) is 0 Å². The maximum absolute atomic E-state index is 12.7. The van der Waals surface area contributed by atoms with E-state index in [0.29, 0.717) is 6.54 Å². The summed E-state index contributed by atoms with van der Waals surface area (Å²) in [6.45, 7) is 4.36. The molecule has 0 amide bonds. The predicted octanol–water partition coefficient (Wildman–Crippen LogP) is 1.89. The molecule has 15 heavy (non-hydrogen) atoms. The summed E-state index contributed by atoms with van der Waals surface area (Å²) in [4.78, 5) is 0. The zero-order valence-corrected chi connectivity index (χ0v) is 9.20. The van der Waals surface area contributed by atoms with Crippen LogP contribution in [0.4, 0.5) is 4.39 Å². The summed E-state index contributed by atoms with van der Waals surface area (Å²) in [5, 5.41) is 9.32. The topological polar surface area (TPSA) is 46.2 Å². The molecule has 1 aromatic rings. The molecular weight excluding hydrogens is 193 g/mol. The van der Waals surface area contributed by atoms with Crippen molar-refractivity contribution in [2.75, 3.05) is 13.2 Å². The third kappa shape index (κ3) is 2.55. The molecule has 0 aliphatic rings. The lowest BCUT2D eigenvalue weighted by Crippen LogP contribution is -2.36. The second kappa shape index (κ2) is 4.73. The molecule has 0 aliphatic heterocycles. The van der Waals surface area contributed by atoms with Gasteiger partial charge in [-0.15, -0.1) is 0 Å². The van der Waals surface area contributed by atoms with E-state index in [4.69, 9.17) is 5.73 Å². The third-order valence-corrected chi connectivity index (χ3v) is 3.24. The van der Waals surface area contributed by atoms with Crippen LogP contribution in [-0.4, -0.2) is 18.3 Å². The van der Waals surface area contributed by atoms with Crippen molar-refractivity contribution in [3.8, 4) is 0 Å². The molecule has 3 heteroatoms. The minimum atomic E-state index is -0.349. The van der Waals surface area contributed by atoms with Crippen LogP contribution >= 0.6 is 0 Å². The van der Waals surface area contributed by atoms with E-state index >= 15 is 0 Å². The van der Waals surface area contributed by atoms with Gasteiger partial charge in [-0.2, -0.15) is 0 Å². The zero-order chi connectivity index (χ0) is 11.5. The maximum Gasteiger partial charge on any atom is 0.123 e. The summed E-state index contributed by atoms with van der Waals surface area (Å²) in [6.07, 6.45) is 0. The van der Waals surface area contributed by atoms with Gasteiger partial charge in [-0.25, -0.2) is 4.39 Å². The zero-order valence-electron chi connectivity index (χ0n) is 9.20. The molecule has 0 saturated heterocycles. The van der Waals surface area contributed by atoms with Gasteiger partial charge in [0.25, 0.3) is 0 Å². The van der Waals surface area contributed by atoms with Crippen LogP contribution in [0.25, 0.3) is 0 Å². The van der Waals surface area contributed by atoms with E-state index in [1.165, 1.54) is 12.1 Å². The second-order valence-electron chi connectivity index (χ2n) is 4.29. The summed E-state index contributed by atoms with van der Waals surface area (Å²) < 4.78 is 12.7. The van der Waals surface area contributed by atoms with Crippen LogP contribution < -0.4 is 5.73 Å². The van der Waals surface area contributed by atoms with Crippen molar-refractivity contribution >= 4 is 0 Å². The van der Waals surface area contributed by atoms with Crippen molar-refractivity contribution in [2.24, 2.45) is 11.1 Å². The minimum Gasteiger partial charge on any atom is -0.396 e.